The largest absolute Gasteiger partial charge is 0.379 e. The van der Waals surface area contributed by atoms with E-state index < -0.39 is 4.92 Å². The monoisotopic (exact) mass is 307 g/mol. The summed E-state index contributed by atoms with van der Waals surface area (Å²) in [6.45, 7) is 4.83. The molecular weight excluding hydrogens is 290 g/mol. The van der Waals surface area contributed by atoms with E-state index >= 15 is 0 Å². The molecule has 21 heavy (non-hydrogen) atoms. The third kappa shape index (κ3) is 3.30. The summed E-state index contributed by atoms with van der Waals surface area (Å²) >= 11 is 1.14. The fourth-order valence-corrected chi connectivity index (χ4v) is 2.83. The molecule has 0 aliphatic rings. The van der Waals surface area contributed by atoms with Crippen molar-refractivity contribution >= 4 is 22.7 Å². The smallest absolute Gasteiger partial charge is 0.307 e. The van der Waals surface area contributed by atoms with Crippen LogP contribution in [0.4, 0.5) is 11.4 Å². The third-order valence-electron chi connectivity index (χ3n) is 3.18. The number of nitro benzene ring substituents is 1. The van der Waals surface area contributed by atoms with Gasteiger partial charge in [-0.15, -0.1) is 0 Å². The average molecular weight is 307 g/mol. The van der Waals surface area contributed by atoms with Crippen LogP contribution in [0.5, 0.6) is 0 Å². The molecule has 1 aromatic heterocycles. The van der Waals surface area contributed by atoms with Crippen LogP contribution in [0.1, 0.15) is 24.6 Å². The minimum Gasteiger partial charge on any atom is -0.379 e. The molecule has 0 saturated carbocycles. The summed E-state index contributed by atoms with van der Waals surface area (Å²) in [7, 11) is 0. The predicted octanol–water partition coefficient (Wildman–Crippen LogP) is 3.00. The lowest BCUT2D eigenvalue weighted by Crippen LogP contribution is -2.17. The van der Waals surface area contributed by atoms with Gasteiger partial charge < -0.3 is 5.32 Å². The van der Waals surface area contributed by atoms with E-state index in [9.17, 15) is 14.9 Å². The van der Waals surface area contributed by atoms with Gasteiger partial charge in [0.1, 0.15) is 5.69 Å². The standard InChI is InChI=1S/C14H17N3O3S/c1-3-7-15-13-11(5-4-6-12(13)17(19)20)8-16-10(2)9-21-14(16)18/h4-6,9,15H,3,7-8H2,1-2H3. The van der Waals surface area contributed by atoms with E-state index in [0.29, 0.717) is 18.8 Å². The lowest BCUT2D eigenvalue weighted by Gasteiger charge is -2.13. The highest BCUT2D eigenvalue weighted by Crippen LogP contribution is 2.29. The average Bonchev–Trinajstić information content (AvgIpc) is 2.77. The molecular formula is C14H17N3O3S. The van der Waals surface area contributed by atoms with Crippen LogP contribution < -0.4 is 10.2 Å². The predicted molar refractivity (Wildman–Crippen MR) is 84.3 cm³/mol. The Morgan fingerprint density at radius 1 is 1.43 bits per heavy atom. The highest BCUT2D eigenvalue weighted by Gasteiger charge is 2.18. The summed E-state index contributed by atoms with van der Waals surface area (Å²) < 4.78 is 1.63. The van der Waals surface area contributed by atoms with Gasteiger partial charge in [0.25, 0.3) is 5.69 Å². The maximum atomic E-state index is 11.8. The highest BCUT2D eigenvalue weighted by molar-refractivity contribution is 7.07. The van der Waals surface area contributed by atoms with Crippen LogP contribution in [-0.2, 0) is 6.54 Å². The van der Waals surface area contributed by atoms with Gasteiger partial charge in [0.05, 0.1) is 11.5 Å². The second-order valence-electron chi connectivity index (χ2n) is 4.72. The molecule has 0 fully saturated rings. The van der Waals surface area contributed by atoms with Crippen molar-refractivity contribution in [3.05, 3.63) is 54.6 Å². The molecule has 1 N–H and O–H groups in total. The Morgan fingerprint density at radius 3 is 2.76 bits per heavy atom. The van der Waals surface area contributed by atoms with Crippen molar-refractivity contribution in [2.45, 2.75) is 26.8 Å². The molecule has 0 aliphatic heterocycles. The van der Waals surface area contributed by atoms with E-state index in [0.717, 1.165) is 29.0 Å². The minimum atomic E-state index is -0.398. The number of benzene rings is 1. The topological polar surface area (TPSA) is 77.2 Å². The minimum absolute atomic E-state index is 0.0434. The maximum Gasteiger partial charge on any atom is 0.307 e. The second kappa shape index (κ2) is 6.53. The molecule has 0 atom stereocenters. The number of nitrogens with one attached hydrogen (secondary N) is 1. The van der Waals surface area contributed by atoms with Crippen molar-refractivity contribution in [1.82, 2.24) is 4.57 Å². The van der Waals surface area contributed by atoms with E-state index in [4.69, 9.17) is 0 Å². The Morgan fingerprint density at radius 2 is 2.19 bits per heavy atom. The molecule has 2 rings (SSSR count). The van der Waals surface area contributed by atoms with Crippen LogP contribution in [0.25, 0.3) is 0 Å². The van der Waals surface area contributed by atoms with Crippen molar-refractivity contribution in [3.63, 3.8) is 0 Å². The zero-order valence-corrected chi connectivity index (χ0v) is 12.8. The molecule has 2 aromatic rings. The molecule has 7 heteroatoms. The van der Waals surface area contributed by atoms with Gasteiger partial charge in [-0.25, -0.2) is 0 Å². The molecule has 0 unspecified atom stereocenters. The van der Waals surface area contributed by atoms with Gasteiger partial charge >= 0.3 is 4.87 Å². The Bertz CT molecular complexity index is 706. The van der Waals surface area contributed by atoms with Crippen molar-refractivity contribution in [1.29, 1.82) is 0 Å². The van der Waals surface area contributed by atoms with Crippen molar-refractivity contribution in [2.24, 2.45) is 0 Å². The van der Waals surface area contributed by atoms with Crippen molar-refractivity contribution in [3.8, 4) is 0 Å². The van der Waals surface area contributed by atoms with Crippen molar-refractivity contribution in [2.75, 3.05) is 11.9 Å². The number of aromatic nitrogens is 1. The zero-order chi connectivity index (χ0) is 15.4. The molecule has 0 amide bonds. The number of para-hydroxylation sites is 1. The van der Waals surface area contributed by atoms with Crippen LogP contribution in [-0.4, -0.2) is 16.0 Å². The molecule has 0 saturated heterocycles. The number of thiazole rings is 1. The number of nitro groups is 1. The fourth-order valence-electron chi connectivity index (χ4n) is 2.09. The van der Waals surface area contributed by atoms with Crippen LogP contribution in [0.3, 0.4) is 0 Å². The Balaban J connectivity index is 2.45. The first-order chi connectivity index (χ1) is 10.0. The Hall–Kier alpha value is -2.15. The normalized spacial score (nSPS) is 10.6. The SMILES string of the molecule is CCCNc1c(Cn2c(C)csc2=O)cccc1[N+](=O)[O-]. The molecule has 1 heterocycles. The van der Waals surface area contributed by atoms with Gasteiger partial charge in [-0.1, -0.05) is 30.4 Å². The lowest BCUT2D eigenvalue weighted by molar-refractivity contribution is -0.384. The highest BCUT2D eigenvalue weighted by atomic mass is 32.1. The van der Waals surface area contributed by atoms with Gasteiger partial charge in [-0.05, 0) is 13.3 Å². The summed E-state index contributed by atoms with van der Waals surface area (Å²) in [4.78, 5) is 22.5. The summed E-state index contributed by atoms with van der Waals surface area (Å²) in [5, 5.41) is 16.1. The van der Waals surface area contributed by atoms with Crippen LogP contribution in [0.2, 0.25) is 0 Å². The van der Waals surface area contributed by atoms with Crippen molar-refractivity contribution < 1.29 is 4.92 Å². The molecule has 0 bridgehead atoms. The fraction of sp³-hybridized carbons (Fsp3) is 0.357. The number of nitrogens with zero attached hydrogens (tertiary/aromatic N) is 2. The third-order valence-corrected chi connectivity index (χ3v) is 4.06. The number of rotatable bonds is 6. The summed E-state index contributed by atoms with van der Waals surface area (Å²) in [5.74, 6) is 0. The van der Waals surface area contributed by atoms with Gasteiger partial charge in [0.2, 0.25) is 0 Å². The van der Waals surface area contributed by atoms with Gasteiger partial charge in [-0.2, -0.15) is 0 Å². The zero-order valence-electron chi connectivity index (χ0n) is 12.0. The van der Waals surface area contributed by atoms with E-state index in [1.54, 1.807) is 16.0 Å². The quantitative estimate of drug-likeness (QED) is 0.657. The first-order valence-corrected chi connectivity index (χ1v) is 7.57. The number of hydrogen-bond donors (Lipinski definition) is 1. The molecule has 112 valence electrons. The first-order valence-electron chi connectivity index (χ1n) is 6.69. The van der Waals surface area contributed by atoms with Gasteiger partial charge in [-0.3, -0.25) is 19.5 Å². The van der Waals surface area contributed by atoms with Gasteiger partial charge in [0.15, 0.2) is 0 Å². The number of anilines is 1. The molecule has 6 nitrogen and oxygen atoms in total. The summed E-state index contributed by atoms with van der Waals surface area (Å²) in [5.41, 5.74) is 2.16. The van der Waals surface area contributed by atoms with Crippen LogP contribution in [0.15, 0.2) is 28.4 Å². The molecule has 1 aromatic carbocycles. The van der Waals surface area contributed by atoms with Gasteiger partial charge in [0, 0.05) is 29.2 Å². The molecule has 0 aliphatic carbocycles. The van der Waals surface area contributed by atoms with E-state index in [1.807, 2.05) is 19.9 Å². The lowest BCUT2D eigenvalue weighted by atomic mass is 10.1. The first kappa shape index (κ1) is 15.2. The summed E-state index contributed by atoms with van der Waals surface area (Å²) in [6, 6.07) is 4.94. The Labute approximate surface area is 126 Å². The van der Waals surface area contributed by atoms with E-state index in [1.165, 1.54) is 6.07 Å². The maximum absolute atomic E-state index is 11.8. The molecule has 0 radical (unpaired) electrons. The van der Waals surface area contributed by atoms with E-state index in [-0.39, 0.29) is 10.6 Å². The molecule has 0 spiro atoms. The van der Waals surface area contributed by atoms with Crippen LogP contribution >= 0.6 is 11.3 Å². The van der Waals surface area contributed by atoms with Crippen LogP contribution in [0, 0.1) is 17.0 Å². The number of hydrogen-bond acceptors (Lipinski definition) is 5. The number of aryl methyl sites for hydroxylation is 1. The van der Waals surface area contributed by atoms with E-state index in [2.05, 4.69) is 5.32 Å². The summed E-state index contributed by atoms with van der Waals surface area (Å²) in [6.07, 6.45) is 0.864. The second-order valence-corrected chi connectivity index (χ2v) is 5.54. The Kier molecular flexibility index (Phi) is 4.74.